The van der Waals surface area contributed by atoms with Crippen molar-refractivity contribution in [3.8, 4) is 0 Å². The summed E-state index contributed by atoms with van der Waals surface area (Å²) in [5.74, 6) is 0. The average molecular weight is 349 g/mol. The van der Waals surface area contributed by atoms with Crippen LogP contribution in [0.5, 0.6) is 0 Å². The molecule has 1 rings (SSSR count). The van der Waals surface area contributed by atoms with Gasteiger partial charge in [0.05, 0.1) is 17.7 Å². The van der Waals surface area contributed by atoms with E-state index >= 15 is 0 Å². The van der Waals surface area contributed by atoms with E-state index in [1.165, 1.54) is 57.8 Å². The van der Waals surface area contributed by atoms with Crippen molar-refractivity contribution < 1.29 is 5.11 Å². The smallest absolute Gasteiger partial charge is 0.0794 e. The van der Waals surface area contributed by atoms with E-state index in [1.54, 1.807) is 0 Å². The Balaban J connectivity index is 2.10. The van der Waals surface area contributed by atoms with Crippen LogP contribution in [0.25, 0.3) is 0 Å². The lowest BCUT2D eigenvalue weighted by Crippen LogP contribution is -2.38. The van der Waals surface area contributed by atoms with Crippen molar-refractivity contribution in [3.63, 3.8) is 0 Å². The number of rotatable bonds is 11. The van der Waals surface area contributed by atoms with Gasteiger partial charge in [0, 0.05) is 13.1 Å². The van der Waals surface area contributed by atoms with Crippen LogP contribution < -0.4 is 0 Å². The van der Waals surface area contributed by atoms with Crippen molar-refractivity contribution >= 4 is 15.9 Å². The van der Waals surface area contributed by atoms with Crippen molar-refractivity contribution in [3.05, 3.63) is 0 Å². The summed E-state index contributed by atoms with van der Waals surface area (Å²) in [4.78, 5) is 5.24. The molecule has 120 valence electrons. The zero-order valence-electron chi connectivity index (χ0n) is 13.4. The standard InChI is InChI=1S/C16H33BrN2O/c1-3-4-5-6-7-8-9-10-11-16-18(2)15(17)14-19(16)12-13-20/h15-16,20H,3-14H2,1-2H3. The highest BCUT2D eigenvalue weighted by atomic mass is 79.9. The molecule has 1 fully saturated rings. The second kappa shape index (κ2) is 11.0. The minimum absolute atomic E-state index is 0.265. The molecule has 0 bridgehead atoms. The zero-order chi connectivity index (χ0) is 14.8. The molecule has 2 atom stereocenters. The van der Waals surface area contributed by atoms with Crippen LogP contribution in [0.15, 0.2) is 0 Å². The lowest BCUT2D eigenvalue weighted by atomic mass is 10.1. The van der Waals surface area contributed by atoms with E-state index in [9.17, 15) is 0 Å². The molecule has 1 saturated heterocycles. The second-order valence-electron chi connectivity index (χ2n) is 6.06. The Kier molecular flexibility index (Phi) is 10.1. The summed E-state index contributed by atoms with van der Waals surface area (Å²) >= 11 is 3.72. The normalized spacial score (nSPS) is 24.6. The Labute approximate surface area is 133 Å². The fraction of sp³-hybridized carbons (Fsp3) is 1.00. The first-order valence-corrected chi connectivity index (χ1v) is 9.33. The van der Waals surface area contributed by atoms with Crippen LogP contribution in [0.1, 0.15) is 64.7 Å². The largest absolute Gasteiger partial charge is 0.395 e. The molecule has 1 aliphatic rings. The Hall–Kier alpha value is 0.360. The minimum Gasteiger partial charge on any atom is -0.395 e. The van der Waals surface area contributed by atoms with Gasteiger partial charge < -0.3 is 5.11 Å². The molecule has 3 nitrogen and oxygen atoms in total. The predicted octanol–water partition coefficient (Wildman–Crippen LogP) is 3.80. The third-order valence-corrected chi connectivity index (χ3v) is 5.36. The number of β-amino-alcohol motifs (C(OH)–C–C–N with tert-alkyl or cyclic N) is 1. The number of hydrogen-bond acceptors (Lipinski definition) is 3. The van der Waals surface area contributed by atoms with Gasteiger partial charge in [-0.1, -0.05) is 74.2 Å². The number of aliphatic hydroxyl groups is 1. The number of likely N-dealkylation sites (N-methyl/N-ethyl adjacent to an activating group) is 1. The lowest BCUT2D eigenvalue weighted by molar-refractivity contribution is 0.119. The first kappa shape index (κ1) is 18.4. The van der Waals surface area contributed by atoms with Gasteiger partial charge >= 0.3 is 0 Å². The maximum atomic E-state index is 9.15. The molecule has 0 aromatic rings. The molecule has 1 N–H and O–H groups in total. The number of aliphatic hydroxyl groups excluding tert-OH is 1. The van der Waals surface area contributed by atoms with Crippen LogP contribution in [0, 0.1) is 0 Å². The van der Waals surface area contributed by atoms with Crippen molar-refractivity contribution in [1.29, 1.82) is 0 Å². The summed E-state index contributed by atoms with van der Waals surface area (Å²) in [5, 5.41) is 9.15. The number of nitrogens with zero attached hydrogens (tertiary/aromatic N) is 2. The van der Waals surface area contributed by atoms with Gasteiger partial charge in [0.2, 0.25) is 0 Å². The van der Waals surface area contributed by atoms with Crippen molar-refractivity contribution in [1.82, 2.24) is 9.80 Å². The second-order valence-corrected chi connectivity index (χ2v) is 7.12. The Morgan fingerprint density at radius 1 is 1.05 bits per heavy atom. The lowest BCUT2D eigenvalue weighted by Gasteiger charge is -2.27. The van der Waals surface area contributed by atoms with E-state index in [4.69, 9.17) is 5.11 Å². The number of hydrogen-bond donors (Lipinski definition) is 1. The minimum atomic E-state index is 0.265. The summed E-state index contributed by atoms with van der Waals surface area (Å²) in [6.45, 7) is 4.36. The summed E-state index contributed by atoms with van der Waals surface area (Å²) in [6.07, 6.45) is 12.8. The Morgan fingerprint density at radius 3 is 2.25 bits per heavy atom. The first-order chi connectivity index (χ1) is 9.70. The van der Waals surface area contributed by atoms with Crippen LogP contribution >= 0.6 is 15.9 Å². The molecule has 1 aliphatic heterocycles. The van der Waals surface area contributed by atoms with E-state index in [0.717, 1.165) is 13.1 Å². The average Bonchev–Trinajstić information content (AvgIpc) is 2.69. The van der Waals surface area contributed by atoms with Crippen LogP contribution in [0.2, 0.25) is 0 Å². The van der Waals surface area contributed by atoms with Gasteiger partial charge in [0.25, 0.3) is 0 Å². The highest BCUT2D eigenvalue weighted by Crippen LogP contribution is 2.26. The van der Waals surface area contributed by atoms with Gasteiger partial charge in [-0.2, -0.15) is 0 Å². The molecule has 0 aliphatic carbocycles. The third-order valence-electron chi connectivity index (χ3n) is 4.42. The van der Waals surface area contributed by atoms with E-state index in [0.29, 0.717) is 11.1 Å². The van der Waals surface area contributed by atoms with Crippen LogP contribution in [-0.4, -0.2) is 52.8 Å². The van der Waals surface area contributed by atoms with E-state index in [1.807, 2.05) is 0 Å². The number of alkyl halides is 1. The Morgan fingerprint density at radius 2 is 1.65 bits per heavy atom. The molecule has 0 aromatic carbocycles. The molecule has 4 heteroatoms. The van der Waals surface area contributed by atoms with Crippen molar-refractivity contribution in [2.75, 3.05) is 26.7 Å². The molecule has 0 spiro atoms. The van der Waals surface area contributed by atoms with Gasteiger partial charge in [-0.05, 0) is 13.5 Å². The molecule has 20 heavy (non-hydrogen) atoms. The van der Waals surface area contributed by atoms with Gasteiger partial charge in [-0.25, -0.2) is 0 Å². The molecule has 2 unspecified atom stereocenters. The maximum Gasteiger partial charge on any atom is 0.0794 e. The van der Waals surface area contributed by atoms with Crippen LogP contribution in [0.4, 0.5) is 0 Å². The molecule has 0 aromatic heterocycles. The molecular formula is C16H33BrN2O. The summed E-state index contributed by atoms with van der Waals surface area (Å²) in [7, 11) is 2.19. The molecule has 1 heterocycles. The van der Waals surface area contributed by atoms with Gasteiger partial charge in [0.15, 0.2) is 0 Å². The van der Waals surface area contributed by atoms with Crippen LogP contribution in [0.3, 0.4) is 0 Å². The fourth-order valence-electron chi connectivity index (χ4n) is 3.10. The van der Waals surface area contributed by atoms with E-state index < -0.39 is 0 Å². The van der Waals surface area contributed by atoms with Crippen molar-refractivity contribution in [2.45, 2.75) is 75.8 Å². The van der Waals surface area contributed by atoms with Gasteiger partial charge in [0.1, 0.15) is 0 Å². The molecule has 0 saturated carbocycles. The topological polar surface area (TPSA) is 26.7 Å². The third kappa shape index (κ3) is 6.42. The molecule has 0 amide bonds. The zero-order valence-corrected chi connectivity index (χ0v) is 14.9. The van der Waals surface area contributed by atoms with Gasteiger partial charge in [-0.3, -0.25) is 9.80 Å². The molecular weight excluding hydrogens is 316 g/mol. The van der Waals surface area contributed by atoms with Crippen molar-refractivity contribution in [2.24, 2.45) is 0 Å². The number of halogens is 1. The fourth-order valence-corrected chi connectivity index (χ4v) is 3.75. The first-order valence-electron chi connectivity index (χ1n) is 8.41. The van der Waals surface area contributed by atoms with E-state index in [-0.39, 0.29) is 6.61 Å². The maximum absolute atomic E-state index is 9.15. The van der Waals surface area contributed by atoms with Crippen LogP contribution in [-0.2, 0) is 0 Å². The summed E-state index contributed by atoms with van der Waals surface area (Å²) in [6, 6.07) is 0. The summed E-state index contributed by atoms with van der Waals surface area (Å²) < 4.78 is 0. The van der Waals surface area contributed by atoms with E-state index in [2.05, 4.69) is 39.7 Å². The highest BCUT2D eigenvalue weighted by molar-refractivity contribution is 9.09. The predicted molar refractivity (Wildman–Crippen MR) is 90.2 cm³/mol. The SMILES string of the molecule is CCCCCCCCCCC1N(CCO)CC(Br)N1C. The number of unbranched alkanes of at least 4 members (excludes halogenated alkanes) is 7. The highest BCUT2D eigenvalue weighted by Gasteiger charge is 2.34. The monoisotopic (exact) mass is 348 g/mol. The molecule has 0 radical (unpaired) electrons. The Bertz CT molecular complexity index is 241. The quantitative estimate of drug-likeness (QED) is 0.349. The summed E-state index contributed by atoms with van der Waals surface area (Å²) in [5.41, 5.74) is 0. The van der Waals surface area contributed by atoms with Gasteiger partial charge in [-0.15, -0.1) is 0 Å².